The van der Waals surface area contributed by atoms with Gasteiger partial charge in [0.15, 0.2) is 0 Å². The standard InChI is InChI=1S/C23H30N2O4S/c1-15-8-10-20(17(3)11-15)25(30(6,27)28)14-22(26)24-19-13-23(4,5)29-21-12-16(2)7-9-18(19)21/h7-12,19H,13-14H2,1-6H3,(H,24,26)/t19-/m0/s1. The fourth-order valence-corrected chi connectivity index (χ4v) is 4.84. The smallest absolute Gasteiger partial charge is 0.241 e. The quantitative estimate of drug-likeness (QED) is 0.783. The van der Waals surface area contributed by atoms with Gasteiger partial charge in [0.1, 0.15) is 17.9 Å². The monoisotopic (exact) mass is 430 g/mol. The summed E-state index contributed by atoms with van der Waals surface area (Å²) in [6.45, 7) is 9.47. The number of nitrogens with one attached hydrogen (secondary N) is 1. The molecular formula is C23H30N2O4S. The van der Waals surface area contributed by atoms with Crippen LogP contribution in [-0.4, -0.2) is 32.7 Å². The van der Waals surface area contributed by atoms with Crippen LogP contribution >= 0.6 is 0 Å². The summed E-state index contributed by atoms with van der Waals surface area (Å²) in [5.41, 5.74) is 3.90. The van der Waals surface area contributed by atoms with Gasteiger partial charge in [-0.3, -0.25) is 9.10 Å². The van der Waals surface area contributed by atoms with Gasteiger partial charge in [-0.2, -0.15) is 0 Å². The molecule has 0 radical (unpaired) electrons. The fourth-order valence-electron chi connectivity index (χ4n) is 3.92. The van der Waals surface area contributed by atoms with E-state index in [0.29, 0.717) is 12.1 Å². The third-order valence-corrected chi connectivity index (χ3v) is 6.40. The molecule has 1 aliphatic heterocycles. The predicted molar refractivity (Wildman–Crippen MR) is 119 cm³/mol. The number of amides is 1. The van der Waals surface area contributed by atoms with E-state index in [1.54, 1.807) is 6.07 Å². The number of carbonyl (C=O) groups is 1. The third-order valence-electron chi connectivity index (χ3n) is 5.27. The summed E-state index contributed by atoms with van der Waals surface area (Å²) in [6.07, 6.45) is 1.71. The molecular weight excluding hydrogens is 400 g/mol. The minimum Gasteiger partial charge on any atom is -0.487 e. The number of rotatable bonds is 5. The molecule has 0 aromatic heterocycles. The van der Waals surface area contributed by atoms with Gasteiger partial charge in [0, 0.05) is 12.0 Å². The second kappa shape index (κ2) is 7.95. The van der Waals surface area contributed by atoms with Gasteiger partial charge in [0.2, 0.25) is 15.9 Å². The summed E-state index contributed by atoms with van der Waals surface area (Å²) in [5, 5.41) is 3.03. The summed E-state index contributed by atoms with van der Waals surface area (Å²) in [7, 11) is -3.63. The number of ether oxygens (including phenoxy) is 1. The maximum Gasteiger partial charge on any atom is 0.241 e. The molecule has 3 rings (SSSR count). The fraction of sp³-hybridized carbons (Fsp3) is 0.435. The molecule has 7 heteroatoms. The molecule has 6 nitrogen and oxygen atoms in total. The average molecular weight is 431 g/mol. The van der Waals surface area contributed by atoms with Crippen molar-refractivity contribution in [1.29, 1.82) is 0 Å². The highest BCUT2D eigenvalue weighted by Crippen LogP contribution is 2.40. The van der Waals surface area contributed by atoms with Crippen molar-refractivity contribution in [3.05, 3.63) is 58.7 Å². The lowest BCUT2D eigenvalue weighted by Gasteiger charge is -2.38. The predicted octanol–water partition coefficient (Wildman–Crippen LogP) is 3.80. The van der Waals surface area contributed by atoms with E-state index in [0.717, 1.165) is 38.6 Å². The van der Waals surface area contributed by atoms with E-state index >= 15 is 0 Å². The number of aryl methyl sites for hydroxylation is 3. The van der Waals surface area contributed by atoms with Crippen LogP contribution in [0.4, 0.5) is 5.69 Å². The highest BCUT2D eigenvalue weighted by atomic mass is 32.2. The molecule has 30 heavy (non-hydrogen) atoms. The average Bonchev–Trinajstić information content (AvgIpc) is 2.58. The first-order valence-corrected chi connectivity index (χ1v) is 11.8. The van der Waals surface area contributed by atoms with Gasteiger partial charge in [-0.1, -0.05) is 29.8 Å². The summed E-state index contributed by atoms with van der Waals surface area (Å²) in [5.74, 6) is 0.403. The molecule has 0 spiro atoms. The lowest BCUT2D eigenvalue weighted by atomic mass is 9.89. The zero-order chi connectivity index (χ0) is 22.3. The molecule has 1 aliphatic rings. The van der Waals surface area contributed by atoms with Crippen LogP contribution in [0.1, 0.15) is 48.6 Å². The van der Waals surface area contributed by atoms with E-state index in [1.807, 2.05) is 65.0 Å². The summed E-state index contributed by atoms with van der Waals surface area (Å²) in [6, 6.07) is 11.2. The van der Waals surface area contributed by atoms with Gasteiger partial charge in [-0.25, -0.2) is 8.42 Å². The van der Waals surface area contributed by atoms with E-state index in [4.69, 9.17) is 4.74 Å². The molecule has 162 valence electrons. The highest BCUT2D eigenvalue weighted by Gasteiger charge is 2.35. The Bertz CT molecular complexity index is 1080. The number of nitrogens with zero attached hydrogens (tertiary/aromatic N) is 1. The van der Waals surface area contributed by atoms with Crippen molar-refractivity contribution < 1.29 is 17.9 Å². The number of hydrogen-bond acceptors (Lipinski definition) is 4. The SMILES string of the molecule is Cc1ccc(N(CC(=O)N[C@H]2CC(C)(C)Oc3cc(C)ccc32)S(C)(=O)=O)c(C)c1. The van der Waals surface area contributed by atoms with Crippen LogP contribution in [0.25, 0.3) is 0 Å². The first-order valence-electron chi connectivity index (χ1n) is 10.00. The van der Waals surface area contributed by atoms with Gasteiger partial charge >= 0.3 is 0 Å². The van der Waals surface area contributed by atoms with E-state index in [-0.39, 0.29) is 18.5 Å². The Balaban J connectivity index is 1.86. The molecule has 1 amide bonds. The van der Waals surface area contributed by atoms with E-state index < -0.39 is 15.6 Å². The number of fused-ring (bicyclic) bond motifs is 1. The molecule has 0 bridgehead atoms. The van der Waals surface area contributed by atoms with E-state index in [1.165, 1.54) is 0 Å². The van der Waals surface area contributed by atoms with Gasteiger partial charge in [0.05, 0.1) is 18.0 Å². The number of hydrogen-bond donors (Lipinski definition) is 1. The highest BCUT2D eigenvalue weighted by molar-refractivity contribution is 7.92. The normalized spacial score (nSPS) is 17.6. The zero-order valence-electron chi connectivity index (χ0n) is 18.4. The number of benzene rings is 2. The van der Waals surface area contributed by atoms with Crippen LogP contribution in [0.15, 0.2) is 36.4 Å². The lowest BCUT2D eigenvalue weighted by Crippen LogP contribution is -2.45. The molecule has 2 aromatic carbocycles. The first kappa shape index (κ1) is 22.2. The molecule has 2 aromatic rings. The van der Waals surface area contributed by atoms with Crippen molar-refractivity contribution in [3.8, 4) is 5.75 Å². The Morgan fingerprint density at radius 3 is 2.40 bits per heavy atom. The lowest BCUT2D eigenvalue weighted by molar-refractivity contribution is -0.120. The van der Waals surface area contributed by atoms with Crippen molar-refractivity contribution >= 4 is 21.6 Å². The number of carbonyl (C=O) groups excluding carboxylic acids is 1. The topological polar surface area (TPSA) is 75.7 Å². The molecule has 0 aliphatic carbocycles. The minimum atomic E-state index is -3.63. The van der Waals surface area contributed by atoms with Crippen molar-refractivity contribution in [1.82, 2.24) is 5.32 Å². The van der Waals surface area contributed by atoms with Gasteiger partial charge in [0.25, 0.3) is 0 Å². The Kier molecular flexibility index (Phi) is 5.87. The van der Waals surface area contributed by atoms with Gasteiger partial charge in [-0.05, 0) is 57.9 Å². The zero-order valence-corrected chi connectivity index (χ0v) is 19.3. The molecule has 0 saturated carbocycles. The Labute approximate surface area is 179 Å². The molecule has 1 N–H and O–H groups in total. The minimum absolute atomic E-state index is 0.252. The van der Waals surface area contributed by atoms with Crippen molar-refractivity contribution in [2.24, 2.45) is 0 Å². The first-order chi connectivity index (χ1) is 13.9. The Morgan fingerprint density at radius 2 is 1.77 bits per heavy atom. The summed E-state index contributed by atoms with van der Waals surface area (Å²) < 4.78 is 32.2. The largest absolute Gasteiger partial charge is 0.487 e. The second-order valence-corrected chi connectivity index (χ2v) is 10.7. The van der Waals surface area contributed by atoms with Crippen LogP contribution < -0.4 is 14.4 Å². The van der Waals surface area contributed by atoms with Crippen LogP contribution in [0, 0.1) is 20.8 Å². The van der Waals surface area contributed by atoms with Crippen LogP contribution in [-0.2, 0) is 14.8 Å². The van der Waals surface area contributed by atoms with Crippen molar-refractivity contribution in [3.63, 3.8) is 0 Å². The molecule has 0 saturated heterocycles. The second-order valence-electron chi connectivity index (χ2n) is 8.79. The molecule has 0 fully saturated rings. The van der Waals surface area contributed by atoms with Crippen LogP contribution in [0.2, 0.25) is 0 Å². The molecule has 1 atom stereocenters. The maximum atomic E-state index is 12.9. The Morgan fingerprint density at radius 1 is 1.13 bits per heavy atom. The van der Waals surface area contributed by atoms with Gasteiger partial charge < -0.3 is 10.1 Å². The van der Waals surface area contributed by atoms with Crippen LogP contribution in [0.3, 0.4) is 0 Å². The molecule has 0 unspecified atom stereocenters. The summed E-state index contributed by atoms with van der Waals surface area (Å²) in [4.78, 5) is 12.9. The van der Waals surface area contributed by atoms with Gasteiger partial charge in [-0.15, -0.1) is 0 Å². The third kappa shape index (κ3) is 4.95. The molecule has 1 heterocycles. The summed E-state index contributed by atoms with van der Waals surface area (Å²) >= 11 is 0. The number of sulfonamides is 1. The van der Waals surface area contributed by atoms with Crippen molar-refractivity contribution in [2.75, 3.05) is 17.1 Å². The van der Waals surface area contributed by atoms with E-state index in [2.05, 4.69) is 5.32 Å². The van der Waals surface area contributed by atoms with E-state index in [9.17, 15) is 13.2 Å². The Hall–Kier alpha value is -2.54. The number of anilines is 1. The van der Waals surface area contributed by atoms with Crippen molar-refractivity contribution in [2.45, 2.75) is 52.7 Å². The maximum absolute atomic E-state index is 12.9. The van der Waals surface area contributed by atoms with Crippen LogP contribution in [0.5, 0.6) is 5.75 Å².